The largest absolute Gasteiger partial charge is 0.497 e. The molecule has 76 valence electrons. The fourth-order valence-electron chi connectivity index (χ4n) is 1.44. The smallest absolute Gasteiger partial charge is 0.119 e. The molecule has 1 aromatic rings. The molecule has 0 spiro atoms. The summed E-state index contributed by atoms with van der Waals surface area (Å²) in [6.45, 7) is 6.01. The molecule has 1 N–H and O–H groups in total. The molecule has 0 saturated heterocycles. The van der Waals surface area contributed by atoms with Gasteiger partial charge < -0.3 is 9.84 Å². The summed E-state index contributed by atoms with van der Waals surface area (Å²) in [4.78, 5) is 0. The summed E-state index contributed by atoms with van der Waals surface area (Å²) in [7, 11) is 1.64. The molecule has 14 heavy (non-hydrogen) atoms. The van der Waals surface area contributed by atoms with Crippen LogP contribution >= 0.6 is 0 Å². The SMILES string of the molecule is C=C(C)c1ccc(OC)cc1CCO. The van der Waals surface area contributed by atoms with E-state index in [0.717, 1.165) is 22.4 Å². The molecular weight excluding hydrogens is 176 g/mol. The third-order valence-corrected chi connectivity index (χ3v) is 2.15. The van der Waals surface area contributed by atoms with Crippen LogP contribution < -0.4 is 4.74 Å². The van der Waals surface area contributed by atoms with Crippen molar-refractivity contribution in [2.45, 2.75) is 13.3 Å². The molecule has 0 radical (unpaired) electrons. The molecule has 0 saturated carbocycles. The van der Waals surface area contributed by atoms with Crippen LogP contribution in [0.25, 0.3) is 5.57 Å². The highest BCUT2D eigenvalue weighted by atomic mass is 16.5. The lowest BCUT2D eigenvalue weighted by molar-refractivity contribution is 0.299. The number of benzene rings is 1. The maximum absolute atomic E-state index is 8.92. The Morgan fingerprint density at radius 2 is 2.21 bits per heavy atom. The minimum atomic E-state index is 0.146. The monoisotopic (exact) mass is 192 g/mol. The van der Waals surface area contributed by atoms with Gasteiger partial charge in [-0.1, -0.05) is 18.2 Å². The lowest BCUT2D eigenvalue weighted by Gasteiger charge is -2.10. The zero-order chi connectivity index (χ0) is 10.6. The van der Waals surface area contributed by atoms with Crippen molar-refractivity contribution in [2.75, 3.05) is 13.7 Å². The van der Waals surface area contributed by atoms with E-state index in [-0.39, 0.29) is 6.61 Å². The van der Waals surface area contributed by atoms with Gasteiger partial charge in [-0.2, -0.15) is 0 Å². The van der Waals surface area contributed by atoms with E-state index < -0.39 is 0 Å². The van der Waals surface area contributed by atoms with E-state index in [1.165, 1.54) is 0 Å². The molecule has 0 heterocycles. The minimum Gasteiger partial charge on any atom is -0.497 e. The average Bonchev–Trinajstić information content (AvgIpc) is 2.17. The standard InChI is InChI=1S/C12H16O2/c1-9(2)12-5-4-11(14-3)8-10(12)6-7-13/h4-5,8,13H,1,6-7H2,2-3H3. The van der Waals surface area contributed by atoms with Gasteiger partial charge in [0.15, 0.2) is 0 Å². The third-order valence-electron chi connectivity index (χ3n) is 2.15. The van der Waals surface area contributed by atoms with Crippen molar-refractivity contribution in [3.8, 4) is 5.75 Å². The average molecular weight is 192 g/mol. The summed E-state index contributed by atoms with van der Waals surface area (Å²) in [5.74, 6) is 0.818. The zero-order valence-electron chi connectivity index (χ0n) is 8.71. The highest BCUT2D eigenvalue weighted by molar-refractivity contribution is 5.65. The van der Waals surface area contributed by atoms with Crippen LogP contribution in [0.5, 0.6) is 5.75 Å². The van der Waals surface area contributed by atoms with Crippen molar-refractivity contribution in [2.24, 2.45) is 0 Å². The molecule has 0 aliphatic heterocycles. The molecule has 1 rings (SSSR count). The van der Waals surface area contributed by atoms with Gasteiger partial charge in [-0.05, 0) is 36.6 Å². The fourth-order valence-corrected chi connectivity index (χ4v) is 1.44. The molecule has 2 nitrogen and oxygen atoms in total. The Balaban J connectivity index is 3.10. The molecule has 0 fully saturated rings. The Hall–Kier alpha value is -1.28. The highest BCUT2D eigenvalue weighted by Crippen LogP contribution is 2.23. The number of allylic oxidation sites excluding steroid dienone is 1. The first-order chi connectivity index (χ1) is 6.69. The molecule has 0 amide bonds. The normalized spacial score (nSPS) is 9.93. The van der Waals surface area contributed by atoms with Crippen LogP contribution in [0.1, 0.15) is 18.1 Å². The van der Waals surface area contributed by atoms with E-state index in [0.29, 0.717) is 6.42 Å². The predicted octanol–water partition coefficient (Wildman–Crippen LogP) is 2.26. The maximum atomic E-state index is 8.92. The van der Waals surface area contributed by atoms with Crippen molar-refractivity contribution in [1.29, 1.82) is 0 Å². The Bertz CT molecular complexity index is 329. The van der Waals surface area contributed by atoms with E-state index >= 15 is 0 Å². The van der Waals surface area contributed by atoms with Crippen LogP contribution in [0.4, 0.5) is 0 Å². The number of rotatable bonds is 4. The number of methoxy groups -OCH3 is 1. The fraction of sp³-hybridized carbons (Fsp3) is 0.333. The minimum absolute atomic E-state index is 0.146. The Morgan fingerprint density at radius 1 is 1.50 bits per heavy atom. The van der Waals surface area contributed by atoms with Crippen LogP contribution in [0.2, 0.25) is 0 Å². The summed E-state index contributed by atoms with van der Waals surface area (Å²) < 4.78 is 5.12. The first-order valence-electron chi connectivity index (χ1n) is 4.62. The molecule has 0 aliphatic rings. The van der Waals surface area contributed by atoms with Gasteiger partial charge in [-0.15, -0.1) is 0 Å². The van der Waals surface area contributed by atoms with Crippen molar-refractivity contribution >= 4 is 5.57 Å². The molecule has 0 atom stereocenters. The molecule has 1 aromatic carbocycles. The van der Waals surface area contributed by atoms with Crippen LogP contribution in [-0.4, -0.2) is 18.8 Å². The van der Waals surface area contributed by atoms with Gasteiger partial charge in [0.2, 0.25) is 0 Å². The topological polar surface area (TPSA) is 29.5 Å². The first kappa shape index (κ1) is 10.8. The summed E-state index contributed by atoms with van der Waals surface area (Å²) >= 11 is 0. The van der Waals surface area contributed by atoms with Crippen molar-refractivity contribution in [1.82, 2.24) is 0 Å². The summed E-state index contributed by atoms with van der Waals surface area (Å²) in [5.41, 5.74) is 3.19. The van der Waals surface area contributed by atoms with Gasteiger partial charge in [0, 0.05) is 6.61 Å². The van der Waals surface area contributed by atoms with E-state index in [1.54, 1.807) is 7.11 Å². The first-order valence-corrected chi connectivity index (χ1v) is 4.62. The second kappa shape index (κ2) is 4.82. The highest BCUT2D eigenvalue weighted by Gasteiger charge is 2.04. The zero-order valence-corrected chi connectivity index (χ0v) is 8.71. The second-order valence-electron chi connectivity index (χ2n) is 3.28. The van der Waals surface area contributed by atoms with E-state index in [2.05, 4.69) is 6.58 Å². The number of aliphatic hydroxyl groups excluding tert-OH is 1. The molecule has 0 unspecified atom stereocenters. The van der Waals surface area contributed by atoms with Gasteiger partial charge in [0.1, 0.15) is 5.75 Å². The van der Waals surface area contributed by atoms with Gasteiger partial charge in [0.25, 0.3) is 0 Å². The summed E-state index contributed by atoms with van der Waals surface area (Å²) in [6, 6.07) is 5.83. The number of aliphatic hydroxyl groups is 1. The molecular formula is C12H16O2. The number of ether oxygens (including phenoxy) is 1. The van der Waals surface area contributed by atoms with Crippen molar-refractivity contribution in [3.05, 3.63) is 35.9 Å². The third kappa shape index (κ3) is 2.36. The van der Waals surface area contributed by atoms with Crippen molar-refractivity contribution < 1.29 is 9.84 Å². The maximum Gasteiger partial charge on any atom is 0.119 e. The van der Waals surface area contributed by atoms with Gasteiger partial charge >= 0.3 is 0 Å². The molecule has 0 aromatic heterocycles. The van der Waals surface area contributed by atoms with Crippen LogP contribution in [0, 0.1) is 0 Å². The van der Waals surface area contributed by atoms with Crippen LogP contribution in [0.15, 0.2) is 24.8 Å². The van der Waals surface area contributed by atoms with Crippen LogP contribution in [0.3, 0.4) is 0 Å². The Labute approximate surface area is 84.8 Å². The molecule has 0 aliphatic carbocycles. The summed E-state index contributed by atoms with van der Waals surface area (Å²) in [5, 5.41) is 8.92. The number of hydrogen-bond donors (Lipinski definition) is 1. The van der Waals surface area contributed by atoms with Gasteiger partial charge in [0.05, 0.1) is 7.11 Å². The number of hydrogen-bond acceptors (Lipinski definition) is 2. The molecule has 2 heteroatoms. The summed E-state index contributed by atoms with van der Waals surface area (Å²) in [6.07, 6.45) is 0.638. The Morgan fingerprint density at radius 3 is 2.71 bits per heavy atom. The van der Waals surface area contributed by atoms with E-state index in [9.17, 15) is 0 Å². The molecule has 0 bridgehead atoms. The lowest BCUT2D eigenvalue weighted by atomic mass is 9.99. The van der Waals surface area contributed by atoms with Gasteiger partial charge in [-0.3, -0.25) is 0 Å². The predicted molar refractivity (Wildman–Crippen MR) is 58.5 cm³/mol. The lowest BCUT2D eigenvalue weighted by Crippen LogP contribution is -1.97. The van der Waals surface area contributed by atoms with Crippen molar-refractivity contribution in [3.63, 3.8) is 0 Å². The van der Waals surface area contributed by atoms with Crippen LogP contribution in [-0.2, 0) is 6.42 Å². The van der Waals surface area contributed by atoms with E-state index in [1.807, 2.05) is 25.1 Å². The van der Waals surface area contributed by atoms with E-state index in [4.69, 9.17) is 9.84 Å². The quantitative estimate of drug-likeness (QED) is 0.793. The Kier molecular flexibility index (Phi) is 3.72. The second-order valence-corrected chi connectivity index (χ2v) is 3.28. The van der Waals surface area contributed by atoms with Gasteiger partial charge in [-0.25, -0.2) is 0 Å².